The average Bonchev–Trinajstić information content (AvgIpc) is 2.71. The summed E-state index contributed by atoms with van der Waals surface area (Å²) in [6, 6.07) is 5.30. The molecule has 3 rings (SSSR count). The van der Waals surface area contributed by atoms with Crippen LogP contribution >= 0.6 is 0 Å². The van der Waals surface area contributed by atoms with Gasteiger partial charge in [-0.15, -0.1) is 0 Å². The molecule has 8 nitrogen and oxygen atoms in total. The maximum absolute atomic E-state index is 13.0. The third-order valence-corrected chi connectivity index (χ3v) is 5.68. The van der Waals surface area contributed by atoms with Crippen molar-refractivity contribution in [1.29, 1.82) is 0 Å². The summed E-state index contributed by atoms with van der Waals surface area (Å²) >= 11 is 0. The number of benzene rings is 1. The third kappa shape index (κ3) is 5.61. The second-order valence-electron chi connectivity index (χ2n) is 8.92. The Bertz CT molecular complexity index is 791. The molecule has 0 aromatic heterocycles. The minimum absolute atomic E-state index is 0.0903. The molecule has 31 heavy (non-hydrogen) atoms. The van der Waals surface area contributed by atoms with Crippen LogP contribution in [0.2, 0.25) is 0 Å². The van der Waals surface area contributed by atoms with Gasteiger partial charge < -0.3 is 29.1 Å². The summed E-state index contributed by atoms with van der Waals surface area (Å²) in [7, 11) is 1.60. The van der Waals surface area contributed by atoms with Gasteiger partial charge in [-0.05, 0) is 32.4 Å². The van der Waals surface area contributed by atoms with E-state index in [0.29, 0.717) is 31.3 Å². The number of fused-ring (bicyclic) bond motifs is 3. The van der Waals surface area contributed by atoms with Crippen LogP contribution in [0.4, 0.5) is 4.79 Å². The van der Waals surface area contributed by atoms with Crippen molar-refractivity contribution in [1.82, 2.24) is 9.80 Å². The van der Waals surface area contributed by atoms with Crippen LogP contribution in [0, 0.1) is 5.92 Å². The Morgan fingerprint density at radius 2 is 2.13 bits per heavy atom. The summed E-state index contributed by atoms with van der Waals surface area (Å²) in [5.41, 5.74) is -0.133. The van der Waals surface area contributed by atoms with Gasteiger partial charge in [-0.1, -0.05) is 13.3 Å². The molecule has 1 N–H and O–H groups in total. The van der Waals surface area contributed by atoms with E-state index in [1.54, 1.807) is 30.8 Å². The molecule has 2 amide bonds. The number of ether oxygens (including phenoxy) is 3. The van der Waals surface area contributed by atoms with Gasteiger partial charge in [0.25, 0.3) is 0 Å². The average molecular weight is 435 g/mol. The SMILES string of the molecule is CCCCOC(=O)N1CCC(=O)N(CC(C)(C)O)C[C@H]2COc3cc(OC)ccc3[C@H]21. The fraction of sp³-hybridized carbons (Fsp3) is 0.652. The van der Waals surface area contributed by atoms with Crippen molar-refractivity contribution in [2.24, 2.45) is 5.92 Å². The molecule has 2 aliphatic rings. The summed E-state index contributed by atoms with van der Waals surface area (Å²) in [4.78, 5) is 29.2. The van der Waals surface area contributed by atoms with Crippen molar-refractivity contribution in [2.75, 3.05) is 40.0 Å². The second kappa shape index (κ2) is 9.77. The van der Waals surface area contributed by atoms with Crippen molar-refractivity contribution >= 4 is 12.0 Å². The lowest BCUT2D eigenvalue weighted by Crippen LogP contribution is -2.53. The minimum Gasteiger partial charge on any atom is -0.497 e. The fourth-order valence-electron chi connectivity index (χ4n) is 4.24. The highest BCUT2D eigenvalue weighted by atomic mass is 16.6. The van der Waals surface area contributed by atoms with Crippen molar-refractivity contribution in [3.05, 3.63) is 23.8 Å². The predicted molar refractivity (Wildman–Crippen MR) is 115 cm³/mol. The molecule has 1 saturated heterocycles. The van der Waals surface area contributed by atoms with E-state index in [-0.39, 0.29) is 37.4 Å². The first-order valence-electron chi connectivity index (χ1n) is 11.0. The summed E-state index contributed by atoms with van der Waals surface area (Å²) in [5.74, 6) is 1.12. The molecule has 1 aromatic carbocycles. The van der Waals surface area contributed by atoms with Gasteiger partial charge in [0.15, 0.2) is 0 Å². The van der Waals surface area contributed by atoms with Gasteiger partial charge in [0, 0.05) is 43.6 Å². The zero-order valence-electron chi connectivity index (χ0n) is 18.9. The minimum atomic E-state index is -1.01. The number of rotatable bonds is 6. The molecule has 0 bridgehead atoms. The number of unbranched alkanes of at least 4 members (excludes halogenated alkanes) is 1. The Labute approximate surface area is 184 Å². The highest BCUT2D eigenvalue weighted by Gasteiger charge is 2.42. The molecule has 172 valence electrons. The van der Waals surface area contributed by atoms with E-state index in [9.17, 15) is 14.7 Å². The Balaban J connectivity index is 1.94. The van der Waals surface area contributed by atoms with Crippen LogP contribution in [0.3, 0.4) is 0 Å². The fourth-order valence-corrected chi connectivity index (χ4v) is 4.24. The summed E-state index contributed by atoms with van der Waals surface area (Å²) < 4.78 is 16.9. The lowest BCUT2D eigenvalue weighted by Gasteiger charge is -2.44. The maximum atomic E-state index is 13.0. The molecular weight excluding hydrogens is 400 g/mol. The topological polar surface area (TPSA) is 88.5 Å². The van der Waals surface area contributed by atoms with Crippen LogP contribution < -0.4 is 9.47 Å². The van der Waals surface area contributed by atoms with E-state index < -0.39 is 11.7 Å². The maximum Gasteiger partial charge on any atom is 0.410 e. The number of hydrogen-bond donors (Lipinski definition) is 1. The molecule has 0 saturated carbocycles. The summed E-state index contributed by atoms with van der Waals surface area (Å²) in [6.07, 6.45) is 1.49. The molecule has 1 fully saturated rings. The largest absolute Gasteiger partial charge is 0.497 e. The van der Waals surface area contributed by atoms with Crippen molar-refractivity contribution < 1.29 is 28.9 Å². The molecule has 0 radical (unpaired) electrons. The van der Waals surface area contributed by atoms with Crippen LogP contribution in [0.1, 0.15) is 51.6 Å². The Morgan fingerprint density at radius 1 is 1.35 bits per heavy atom. The number of nitrogens with zero attached hydrogens (tertiary/aromatic N) is 2. The van der Waals surface area contributed by atoms with Gasteiger partial charge in [-0.3, -0.25) is 4.79 Å². The Hall–Kier alpha value is -2.48. The molecule has 0 aliphatic carbocycles. The van der Waals surface area contributed by atoms with Crippen LogP contribution in [0.5, 0.6) is 11.5 Å². The molecular formula is C23H34N2O6. The number of carbonyl (C=O) groups is 2. The molecule has 2 heterocycles. The number of hydrogen-bond acceptors (Lipinski definition) is 6. The van der Waals surface area contributed by atoms with Gasteiger partial charge in [0.1, 0.15) is 11.5 Å². The Kier molecular flexibility index (Phi) is 7.30. The number of amides is 2. The lowest BCUT2D eigenvalue weighted by atomic mass is 9.87. The third-order valence-electron chi connectivity index (χ3n) is 5.68. The zero-order valence-corrected chi connectivity index (χ0v) is 18.9. The predicted octanol–water partition coefficient (Wildman–Crippen LogP) is 2.99. The Morgan fingerprint density at radius 3 is 2.81 bits per heavy atom. The normalized spacial score (nSPS) is 21.4. The number of carbonyl (C=O) groups excluding carboxylic acids is 2. The summed E-state index contributed by atoms with van der Waals surface area (Å²) in [6.45, 7) is 6.98. The van der Waals surface area contributed by atoms with Gasteiger partial charge in [-0.2, -0.15) is 0 Å². The standard InChI is InChI=1S/C23H34N2O6/c1-5-6-11-30-22(27)25-10-9-20(26)24(15-23(2,3)28)13-16-14-31-19-12-17(29-4)7-8-18(19)21(16)25/h7-8,12,16,21,28H,5-6,9-11,13-15H2,1-4H3/t16-,21-/m0/s1. The van der Waals surface area contributed by atoms with Gasteiger partial charge in [-0.25, -0.2) is 4.79 Å². The lowest BCUT2D eigenvalue weighted by molar-refractivity contribution is -0.137. The highest BCUT2D eigenvalue weighted by molar-refractivity contribution is 5.78. The monoisotopic (exact) mass is 434 g/mol. The highest BCUT2D eigenvalue weighted by Crippen LogP contribution is 2.42. The van der Waals surface area contributed by atoms with Gasteiger partial charge >= 0.3 is 6.09 Å². The van der Waals surface area contributed by atoms with E-state index in [4.69, 9.17) is 14.2 Å². The summed E-state index contributed by atoms with van der Waals surface area (Å²) in [5, 5.41) is 10.3. The number of β-amino-alcohol motifs (C(OH)–C–C–N with tert-alkyl or cyclic N) is 1. The van der Waals surface area contributed by atoms with E-state index >= 15 is 0 Å². The quantitative estimate of drug-likeness (QED) is 0.693. The van der Waals surface area contributed by atoms with E-state index in [1.165, 1.54) is 0 Å². The first kappa shape index (κ1) is 23.2. The zero-order chi connectivity index (χ0) is 22.6. The van der Waals surface area contributed by atoms with Gasteiger partial charge in [0.2, 0.25) is 5.91 Å². The molecule has 2 atom stereocenters. The molecule has 2 aliphatic heterocycles. The number of methoxy groups -OCH3 is 1. The van der Waals surface area contributed by atoms with E-state index in [2.05, 4.69) is 0 Å². The van der Waals surface area contributed by atoms with Crippen LogP contribution in [-0.4, -0.2) is 72.5 Å². The van der Waals surface area contributed by atoms with Gasteiger partial charge in [0.05, 0.1) is 32.0 Å². The molecule has 0 spiro atoms. The van der Waals surface area contributed by atoms with E-state index in [1.807, 2.05) is 25.1 Å². The van der Waals surface area contributed by atoms with Crippen molar-refractivity contribution in [3.8, 4) is 11.5 Å². The molecule has 8 heteroatoms. The second-order valence-corrected chi connectivity index (χ2v) is 8.92. The van der Waals surface area contributed by atoms with Crippen LogP contribution in [-0.2, 0) is 9.53 Å². The first-order valence-corrected chi connectivity index (χ1v) is 11.0. The van der Waals surface area contributed by atoms with Crippen molar-refractivity contribution in [2.45, 2.75) is 51.7 Å². The molecule has 0 unspecified atom stereocenters. The number of aliphatic hydroxyl groups is 1. The first-order chi connectivity index (χ1) is 14.7. The van der Waals surface area contributed by atoms with Crippen LogP contribution in [0.25, 0.3) is 0 Å². The molecule has 1 aromatic rings. The van der Waals surface area contributed by atoms with Crippen LogP contribution in [0.15, 0.2) is 18.2 Å². The van der Waals surface area contributed by atoms with E-state index in [0.717, 1.165) is 18.4 Å². The van der Waals surface area contributed by atoms with Crippen molar-refractivity contribution in [3.63, 3.8) is 0 Å². The smallest absolute Gasteiger partial charge is 0.410 e.